The second-order valence-corrected chi connectivity index (χ2v) is 4.75. The van der Waals surface area contributed by atoms with Gasteiger partial charge in [0.15, 0.2) is 0 Å². The summed E-state index contributed by atoms with van der Waals surface area (Å²) in [6, 6.07) is 7.56. The fourth-order valence-corrected chi connectivity index (χ4v) is 2.41. The third-order valence-corrected chi connectivity index (χ3v) is 3.60. The number of rotatable bonds is 2. The maximum Gasteiger partial charge on any atom is 0.125 e. The number of aromatic nitrogens is 1. The summed E-state index contributed by atoms with van der Waals surface area (Å²) in [4.78, 5) is 5.41. The van der Waals surface area contributed by atoms with Gasteiger partial charge in [0.05, 0.1) is 9.90 Å². The standard InChI is InChI=1S/C10H7ClN2S2/c11-7-4-2-1-3-6(7)10-13-5-8(15-10)9(12)14/h1-5H,(H2,12,14). The Bertz CT molecular complexity index is 508. The summed E-state index contributed by atoms with van der Waals surface area (Å²) in [5.74, 6) is 0. The second-order valence-electron chi connectivity index (χ2n) is 2.87. The van der Waals surface area contributed by atoms with Crippen LogP contribution in [0, 0.1) is 0 Å². The van der Waals surface area contributed by atoms with Gasteiger partial charge in [-0.05, 0) is 6.07 Å². The van der Waals surface area contributed by atoms with E-state index in [1.54, 1.807) is 6.20 Å². The van der Waals surface area contributed by atoms with E-state index in [4.69, 9.17) is 29.6 Å². The molecule has 1 aromatic heterocycles. The van der Waals surface area contributed by atoms with Crippen LogP contribution in [0.2, 0.25) is 5.02 Å². The van der Waals surface area contributed by atoms with E-state index < -0.39 is 0 Å². The van der Waals surface area contributed by atoms with Crippen LogP contribution in [-0.4, -0.2) is 9.97 Å². The van der Waals surface area contributed by atoms with Gasteiger partial charge in [0, 0.05) is 11.8 Å². The van der Waals surface area contributed by atoms with Gasteiger partial charge in [-0.1, -0.05) is 42.0 Å². The number of nitrogens with two attached hydrogens (primary N) is 1. The highest BCUT2D eigenvalue weighted by Gasteiger charge is 2.08. The minimum absolute atomic E-state index is 0.366. The number of thiazole rings is 1. The summed E-state index contributed by atoms with van der Waals surface area (Å²) >= 11 is 12.4. The molecule has 0 bridgehead atoms. The van der Waals surface area contributed by atoms with Crippen molar-refractivity contribution in [2.45, 2.75) is 0 Å². The minimum atomic E-state index is 0.366. The fourth-order valence-electron chi connectivity index (χ4n) is 1.15. The summed E-state index contributed by atoms with van der Waals surface area (Å²) in [6.45, 7) is 0. The summed E-state index contributed by atoms with van der Waals surface area (Å²) < 4.78 is 0. The predicted molar refractivity (Wildman–Crippen MR) is 68.4 cm³/mol. The van der Waals surface area contributed by atoms with E-state index >= 15 is 0 Å². The molecule has 2 aromatic rings. The number of thiocarbonyl (C=S) groups is 1. The van der Waals surface area contributed by atoms with E-state index in [0.717, 1.165) is 15.4 Å². The molecule has 0 amide bonds. The Morgan fingerprint density at radius 2 is 2.13 bits per heavy atom. The molecule has 0 aliphatic heterocycles. The largest absolute Gasteiger partial charge is 0.389 e. The molecular weight excluding hydrogens is 248 g/mol. The average molecular weight is 255 g/mol. The van der Waals surface area contributed by atoms with Gasteiger partial charge < -0.3 is 5.73 Å². The van der Waals surface area contributed by atoms with Gasteiger partial charge in [0.1, 0.15) is 10.00 Å². The Morgan fingerprint density at radius 1 is 1.40 bits per heavy atom. The monoisotopic (exact) mass is 254 g/mol. The number of hydrogen-bond acceptors (Lipinski definition) is 3. The first-order valence-corrected chi connectivity index (χ1v) is 5.79. The number of nitrogens with zero attached hydrogens (tertiary/aromatic N) is 1. The van der Waals surface area contributed by atoms with Crippen LogP contribution in [0.15, 0.2) is 30.5 Å². The van der Waals surface area contributed by atoms with Gasteiger partial charge in [-0.15, -0.1) is 11.3 Å². The molecule has 0 spiro atoms. The van der Waals surface area contributed by atoms with E-state index in [-0.39, 0.29) is 0 Å². The molecule has 0 aliphatic rings. The van der Waals surface area contributed by atoms with Gasteiger partial charge in [-0.3, -0.25) is 0 Å². The van der Waals surface area contributed by atoms with Crippen molar-refractivity contribution in [3.63, 3.8) is 0 Å². The van der Waals surface area contributed by atoms with Gasteiger partial charge in [-0.2, -0.15) is 0 Å². The van der Waals surface area contributed by atoms with Crippen LogP contribution in [0.25, 0.3) is 10.6 Å². The molecule has 0 unspecified atom stereocenters. The highest BCUT2D eigenvalue weighted by Crippen LogP contribution is 2.30. The zero-order valence-corrected chi connectivity index (χ0v) is 9.99. The topological polar surface area (TPSA) is 38.9 Å². The molecule has 15 heavy (non-hydrogen) atoms. The lowest BCUT2D eigenvalue weighted by molar-refractivity contribution is 1.41. The normalized spacial score (nSPS) is 10.2. The molecule has 0 saturated heterocycles. The lowest BCUT2D eigenvalue weighted by Crippen LogP contribution is -2.06. The van der Waals surface area contributed by atoms with Crippen LogP contribution in [0.3, 0.4) is 0 Å². The Morgan fingerprint density at radius 3 is 2.73 bits per heavy atom. The molecule has 1 heterocycles. The van der Waals surface area contributed by atoms with Crippen LogP contribution in [-0.2, 0) is 0 Å². The summed E-state index contributed by atoms with van der Waals surface area (Å²) in [7, 11) is 0. The zero-order valence-electron chi connectivity index (χ0n) is 7.61. The molecule has 0 fully saturated rings. The van der Waals surface area contributed by atoms with Crippen LogP contribution in [0.1, 0.15) is 4.88 Å². The first-order chi connectivity index (χ1) is 7.18. The molecule has 0 aliphatic carbocycles. The Balaban J connectivity index is 2.46. The van der Waals surface area contributed by atoms with Crippen LogP contribution < -0.4 is 5.73 Å². The Labute approximate surface area is 102 Å². The smallest absolute Gasteiger partial charge is 0.125 e. The van der Waals surface area contributed by atoms with E-state index in [1.807, 2.05) is 24.3 Å². The molecule has 0 saturated carbocycles. The lowest BCUT2D eigenvalue weighted by Gasteiger charge is -1.97. The van der Waals surface area contributed by atoms with Crippen molar-refractivity contribution in [3.8, 4) is 10.6 Å². The molecule has 5 heteroatoms. The molecular formula is C10H7ClN2S2. The van der Waals surface area contributed by atoms with E-state index in [9.17, 15) is 0 Å². The lowest BCUT2D eigenvalue weighted by atomic mass is 10.2. The second kappa shape index (κ2) is 4.26. The summed E-state index contributed by atoms with van der Waals surface area (Å²) in [5.41, 5.74) is 6.42. The molecule has 2 nitrogen and oxygen atoms in total. The van der Waals surface area contributed by atoms with Crippen molar-refractivity contribution in [1.29, 1.82) is 0 Å². The van der Waals surface area contributed by atoms with Crippen LogP contribution in [0.4, 0.5) is 0 Å². The molecule has 2 rings (SSSR count). The third kappa shape index (κ3) is 2.17. The number of halogens is 1. The van der Waals surface area contributed by atoms with E-state index in [2.05, 4.69) is 4.98 Å². The molecule has 0 atom stereocenters. The fraction of sp³-hybridized carbons (Fsp3) is 0. The van der Waals surface area contributed by atoms with Crippen molar-refractivity contribution in [2.24, 2.45) is 5.73 Å². The third-order valence-electron chi connectivity index (χ3n) is 1.85. The van der Waals surface area contributed by atoms with E-state index in [0.29, 0.717) is 10.0 Å². The zero-order chi connectivity index (χ0) is 10.8. The highest BCUT2D eigenvalue weighted by atomic mass is 35.5. The van der Waals surface area contributed by atoms with Crippen molar-refractivity contribution < 1.29 is 0 Å². The molecule has 2 N–H and O–H groups in total. The summed E-state index contributed by atoms with van der Waals surface area (Å²) in [6.07, 6.45) is 1.67. The van der Waals surface area contributed by atoms with Crippen molar-refractivity contribution in [3.05, 3.63) is 40.4 Å². The van der Waals surface area contributed by atoms with E-state index in [1.165, 1.54) is 11.3 Å². The SMILES string of the molecule is NC(=S)c1cnc(-c2ccccc2Cl)s1. The Hall–Kier alpha value is -0.970. The number of benzene rings is 1. The van der Waals surface area contributed by atoms with Gasteiger partial charge in [0.25, 0.3) is 0 Å². The predicted octanol–water partition coefficient (Wildman–Crippen LogP) is 3.10. The summed E-state index contributed by atoms with van der Waals surface area (Å²) in [5, 5.41) is 1.52. The molecule has 0 radical (unpaired) electrons. The van der Waals surface area contributed by atoms with Gasteiger partial charge >= 0.3 is 0 Å². The van der Waals surface area contributed by atoms with Gasteiger partial charge in [-0.25, -0.2) is 4.98 Å². The highest BCUT2D eigenvalue weighted by molar-refractivity contribution is 7.81. The quantitative estimate of drug-likeness (QED) is 0.837. The minimum Gasteiger partial charge on any atom is -0.389 e. The van der Waals surface area contributed by atoms with Crippen LogP contribution >= 0.6 is 35.2 Å². The van der Waals surface area contributed by atoms with Crippen molar-refractivity contribution in [2.75, 3.05) is 0 Å². The van der Waals surface area contributed by atoms with Crippen molar-refractivity contribution >= 4 is 40.1 Å². The molecule has 76 valence electrons. The first-order valence-electron chi connectivity index (χ1n) is 4.19. The molecule has 1 aromatic carbocycles. The van der Waals surface area contributed by atoms with Crippen molar-refractivity contribution in [1.82, 2.24) is 4.98 Å². The maximum atomic E-state index is 6.05. The Kier molecular flexibility index (Phi) is 3.00. The van der Waals surface area contributed by atoms with Gasteiger partial charge in [0.2, 0.25) is 0 Å². The maximum absolute atomic E-state index is 6.05. The first kappa shape index (κ1) is 10.5. The number of hydrogen-bond donors (Lipinski definition) is 1. The van der Waals surface area contributed by atoms with Crippen LogP contribution in [0.5, 0.6) is 0 Å². The average Bonchev–Trinajstić information content (AvgIpc) is 2.67.